The summed E-state index contributed by atoms with van der Waals surface area (Å²) in [7, 11) is 3.55. The molecule has 3 rings (SSSR count). The predicted octanol–water partition coefficient (Wildman–Crippen LogP) is 1.04. The number of nitrogens with one attached hydrogen (secondary N) is 2. The number of imide groups is 1. The number of methoxy groups -OCH3 is 1. The largest absolute Gasteiger partial charge is 0.496 e. The lowest BCUT2D eigenvalue weighted by atomic mass is 9.96. The maximum atomic E-state index is 12.7. The number of quaternary nitrogens is 1. The lowest BCUT2D eigenvalue weighted by Gasteiger charge is -2.23. The second-order valence-corrected chi connectivity index (χ2v) is 7.32. The van der Waals surface area contributed by atoms with E-state index in [1.54, 1.807) is 13.2 Å². The molecule has 1 saturated heterocycles. The van der Waals surface area contributed by atoms with Crippen molar-refractivity contribution in [1.29, 1.82) is 0 Å². The van der Waals surface area contributed by atoms with Crippen LogP contribution in [0.3, 0.4) is 0 Å². The van der Waals surface area contributed by atoms with E-state index in [-0.39, 0.29) is 17.9 Å². The van der Waals surface area contributed by atoms with E-state index in [4.69, 9.17) is 16.3 Å². The van der Waals surface area contributed by atoms with E-state index in [0.29, 0.717) is 18.2 Å². The predicted molar refractivity (Wildman–Crippen MR) is 90.0 cm³/mol. The van der Waals surface area contributed by atoms with E-state index >= 15 is 0 Å². The number of hydrogen-bond acceptors (Lipinski definition) is 3. The van der Waals surface area contributed by atoms with Gasteiger partial charge < -0.3 is 15.0 Å². The molecule has 1 saturated carbocycles. The number of rotatable bonds is 6. The molecule has 0 bridgehead atoms. The number of ether oxygens (including phenoxy) is 1. The van der Waals surface area contributed by atoms with Crippen molar-refractivity contribution >= 4 is 23.5 Å². The number of urea groups is 1. The minimum atomic E-state index is -0.731. The average Bonchev–Trinajstić information content (AvgIpc) is 3.34. The van der Waals surface area contributed by atoms with Gasteiger partial charge in [0.2, 0.25) is 0 Å². The van der Waals surface area contributed by atoms with Crippen LogP contribution in [-0.2, 0) is 11.3 Å². The van der Waals surface area contributed by atoms with Gasteiger partial charge in [-0.05, 0) is 43.9 Å². The number of hydrogen-bond donors (Lipinski definition) is 2. The topological polar surface area (TPSA) is 63.1 Å². The first kappa shape index (κ1) is 17.0. The summed E-state index contributed by atoms with van der Waals surface area (Å²) in [6.07, 6.45) is 2.00. The van der Waals surface area contributed by atoms with Gasteiger partial charge in [-0.25, -0.2) is 9.69 Å². The van der Waals surface area contributed by atoms with Crippen molar-refractivity contribution in [3.05, 3.63) is 28.8 Å². The van der Waals surface area contributed by atoms with Gasteiger partial charge in [0, 0.05) is 10.6 Å². The van der Waals surface area contributed by atoms with Crippen molar-refractivity contribution in [2.45, 2.75) is 31.8 Å². The number of nitrogens with zero attached hydrogens (tertiary/aromatic N) is 1. The van der Waals surface area contributed by atoms with Crippen molar-refractivity contribution in [3.63, 3.8) is 0 Å². The second kappa shape index (κ2) is 6.26. The van der Waals surface area contributed by atoms with Gasteiger partial charge in [-0.3, -0.25) is 4.79 Å². The normalized spacial score (nSPS) is 24.9. The first-order valence-corrected chi connectivity index (χ1v) is 8.50. The molecule has 24 heavy (non-hydrogen) atoms. The maximum absolute atomic E-state index is 12.7. The molecular weight excluding hydrogens is 330 g/mol. The first-order valence-electron chi connectivity index (χ1n) is 8.13. The maximum Gasteiger partial charge on any atom is 0.329 e. The SMILES string of the molecule is COc1ccc(Cl)cc1C[NH+](C)CN1C(=O)N[C@@](C)(C2CC2)C1=O. The molecule has 1 heterocycles. The van der Waals surface area contributed by atoms with Gasteiger partial charge in [0.25, 0.3) is 5.91 Å². The summed E-state index contributed by atoms with van der Waals surface area (Å²) in [6, 6.07) is 5.15. The number of halogens is 1. The van der Waals surface area contributed by atoms with E-state index in [1.807, 2.05) is 26.1 Å². The van der Waals surface area contributed by atoms with Gasteiger partial charge in [0.05, 0.1) is 14.2 Å². The molecule has 1 aromatic carbocycles. The highest BCUT2D eigenvalue weighted by molar-refractivity contribution is 6.30. The molecule has 1 unspecified atom stereocenters. The van der Waals surface area contributed by atoms with Crippen LogP contribution in [0.5, 0.6) is 5.75 Å². The minimum Gasteiger partial charge on any atom is -0.496 e. The summed E-state index contributed by atoms with van der Waals surface area (Å²) < 4.78 is 5.35. The molecule has 1 aromatic rings. The summed E-state index contributed by atoms with van der Waals surface area (Å²) >= 11 is 6.06. The molecule has 2 aliphatic rings. The monoisotopic (exact) mass is 352 g/mol. The van der Waals surface area contributed by atoms with Gasteiger partial charge in [0.1, 0.15) is 17.8 Å². The lowest BCUT2D eigenvalue weighted by Crippen LogP contribution is -3.09. The molecule has 0 aromatic heterocycles. The Balaban J connectivity index is 1.69. The van der Waals surface area contributed by atoms with E-state index in [0.717, 1.165) is 29.1 Å². The van der Waals surface area contributed by atoms with E-state index in [2.05, 4.69) is 5.32 Å². The molecule has 2 fully saturated rings. The summed E-state index contributed by atoms with van der Waals surface area (Å²) in [6.45, 7) is 2.74. The van der Waals surface area contributed by atoms with Crippen molar-refractivity contribution in [2.24, 2.45) is 5.92 Å². The Morgan fingerprint density at radius 2 is 2.12 bits per heavy atom. The third-order valence-corrected chi connectivity index (χ3v) is 5.09. The Morgan fingerprint density at radius 1 is 1.42 bits per heavy atom. The third-order valence-electron chi connectivity index (χ3n) is 4.86. The molecule has 0 radical (unpaired) electrons. The van der Waals surface area contributed by atoms with Crippen molar-refractivity contribution in [1.82, 2.24) is 10.2 Å². The fourth-order valence-corrected chi connectivity index (χ4v) is 3.53. The number of amides is 3. The molecule has 1 aliphatic heterocycles. The van der Waals surface area contributed by atoms with Crippen LogP contribution >= 0.6 is 11.6 Å². The zero-order valence-corrected chi connectivity index (χ0v) is 14.9. The van der Waals surface area contributed by atoms with Gasteiger partial charge >= 0.3 is 6.03 Å². The Morgan fingerprint density at radius 3 is 2.75 bits per heavy atom. The van der Waals surface area contributed by atoms with Crippen LogP contribution in [0.4, 0.5) is 4.79 Å². The number of carbonyl (C=O) groups excluding carboxylic acids is 2. The number of carbonyl (C=O) groups is 2. The summed E-state index contributed by atoms with van der Waals surface area (Å²) in [5.41, 5.74) is 0.213. The zero-order chi connectivity index (χ0) is 17.5. The minimum absolute atomic E-state index is 0.118. The third kappa shape index (κ3) is 3.08. The van der Waals surface area contributed by atoms with Crippen LogP contribution in [0, 0.1) is 5.92 Å². The summed E-state index contributed by atoms with van der Waals surface area (Å²) in [5, 5.41) is 3.51. The molecule has 1 aliphatic carbocycles. The van der Waals surface area contributed by atoms with Gasteiger partial charge in [-0.2, -0.15) is 0 Å². The van der Waals surface area contributed by atoms with Crippen LogP contribution in [0.1, 0.15) is 25.3 Å². The van der Waals surface area contributed by atoms with Crippen LogP contribution in [0.25, 0.3) is 0 Å². The van der Waals surface area contributed by atoms with Crippen LogP contribution in [0.15, 0.2) is 18.2 Å². The van der Waals surface area contributed by atoms with E-state index < -0.39 is 5.54 Å². The quantitative estimate of drug-likeness (QED) is 0.752. The molecule has 6 nitrogen and oxygen atoms in total. The fourth-order valence-electron chi connectivity index (χ4n) is 3.33. The molecule has 0 spiro atoms. The Labute approximate surface area is 146 Å². The highest BCUT2D eigenvalue weighted by Crippen LogP contribution is 2.42. The fraction of sp³-hybridized carbons (Fsp3) is 0.529. The molecule has 2 atom stereocenters. The van der Waals surface area contributed by atoms with Gasteiger partial charge in [0.15, 0.2) is 6.67 Å². The first-order chi connectivity index (χ1) is 11.3. The highest BCUT2D eigenvalue weighted by Gasteiger charge is 2.56. The van der Waals surface area contributed by atoms with Crippen LogP contribution in [0.2, 0.25) is 5.02 Å². The molecule has 3 amide bonds. The molecule has 130 valence electrons. The van der Waals surface area contributed by atoms with E-state index in [9.17, 15) is 9.59 Å². The summed E-state index contributed by atoms with van der Waals surface area (Å²) in [5.74, 6) is 0.901. The van der Waals surface area contributed by atoms with Crippen molar-refractivity contribution < 1.29 is 19.2 Å². The van der Waals surface area contributed by atoms with Gasteiger partial charge in [-0.15, -0.1) is 0 Å². The molecule has 7 heteroatoms. The summed E-state index contributed by atoms with van der Waals surface area (Å²) in [4.78, 5) is 27.2. The molecular formula is C17H23ClN3O3+. The Bertz CT molecular complexity index is 677. The van der Waals surface area contributed by atoms with Crippen molar-refractivity contribution in [3.8, 4) is 5.75 Å². The Hall–Kier alpha value is -1.79. The van der Waals surface area contributed by atoms with Crippen molar-refractivity contribution in [2.75, 3.05) is 20.8 Å². The van der Waals surface area contributed by atoms with Crippen LogP contribution in [-0.4, -0.2) is 43.2 Å². The highest BCUT2D eigenvalue weighted by atomic mass is 35.5. The smallest absolute Gasteiger partial charge is 0.329 e. The average molecular weight is 353 g/mol. The Kier molecular flexibility index (Phi) is 4.44. The lowest BCUT2D eigenvalue weighted by molar-refractivity contribution is -0.901. The zero-order valence-electron chi connectivity index (χ0n) is 14.2. The van der Waals surface area contributed by atoms with Crippen LogP contribution < -0.4 is 15.0 Å². The second-order valence-electron chi connectivity index (χ2n) is 6.89. The number of benzene rings is 1. The standard InChI is InChI=1S/C17H22ClN3O3/c1-17(12-4-5-12)15(22)21(16(23)19-17)10-20(2)9-11-8-13(18)6-7-14(11)24-3/h6-8,12H,4-5,9-10H2,1-3H3,(H,19,23)/p+1/t17-/m0/s1. The molecule has 2 N–H and O–H groups in total. The van der Waals surface area contributed by atoms with E-state index in [1.165, 1.54) is 4.90 Å². The van der Waals surface area contributed by atoms with Gasteiger partial charge in [-0.1, -0.05) is 11.6 Å².